The highest BCUT2D eigenvalue weighted by atomic mass is 16.3. The van der Waals surface area contributed by atoms with Crippen LogP contribution in [-0.2, 0) is 23.7 Å². The maximum Gasteiger partial charge on any atom is 0.122 e. The van der Waals surface area contributed by atoms with Gasteiger partial charge in [-0.15, -0.1) is 0 Å². The van der Waals surface area contributed by atoms with Crippen molar-refractivity contribution >= 4 is 0 Å². The molecule has 0 amide bonds. The Bertz CT molecular complexity index is 1080. The van der Waals surface area contributed by atoms with Crippen molar-refractivity contribution in [2.45, 2.75) is 79.1 Å². The van der Waals surface area contributed by atoms with Crippen LogP contribution >= 0.6 is 0 Å². The largest absolute Gasteiger partial charge is 0.507 e. The van der Waals surface area contributed by atoms with E-state index in [9.17, 15) is 15.3 Å². The van der Waals surface area contributed by atoms with E-state index >= 15 is 0 Å². The van der Waals surface area contributed by atoms with Gasteiger partial charge in [0, 0.05) is 12.8 Å². The monoisotopic (exact) mass is 446 g/mol. The average Bonchev–Trinajstić information content (AvgIpc) is 2.69. The average molecular weight is 447 g/mol. The van der Waals surface area contributed by atoms with E-state index in [-0.39, 0.29) is 28.1 Å². The van der Waals surface area contributed by atoms with Crippen molar-refractivity contribution in [1.82, 2.24) is 0 Å². The van der Waals surface area contributed by atoms with Crippen molar-refractivity contribution in [2.75, 3.05) is 0 Å². The molecule has 3 rings (SSSR count). The van der Waals surface area contributed by atoms with Crippen LogP contribution in [-0.4, -0.2) is 15.3 Å². The molecule has 0 saturated carbocycles. The number of rotatable bonds is 4. The number of para-hydroxylation sites is 1. The molecule has 0 atom stereocenters. The third-order valence-corrected chi connectivity index (χ3v) is 6.46. The molecular weight excluding hydrogens is 408 g/mol. The molecule has 0 aliphatic carbocycles. The first-order chi connectivity index (χ1) is 15.2. The van der Waals surface area contributed by atoms with Crippen molar-refractivity contribution in [2.24, 2.45) is 0 Å². The van der Waals surface area contributed by atoms with E-state index in [1.807, 2.05) is 56.3 Å². The van der Waals surface area contributed by atoms with Crippen LogP contribution in [0.3, 0.4) is 0 Å². The molecule has 0 spiro atoms. The van der Waals surface area contributed by atoms with Gasteiger partial charge in [-0.05, 0) is 69.2 Å². The molecule has 0 unspecified atom stereocenters. The molecule has 0 saturated heterocycles. The Morgan fingerprint density at radius 1 is 0.545 bits per heavy atom. The summed E-state index contributed by atoms with van der Waals surface area (Å²) in [4.78, 5) is 0. The lowest BCUT2D eigenvalue weighted by atomic mass is 9.83. The predicted octanol–water partition coefficient (Wildman–Crippen LogP) is 7.20. The minimum atomic E-state index is -0.0371. The fraction of sp³-hybridized carbons (Fsp3) is 0.400. The van der Waals surface area contributed by atoms with Gasteiger partial charge in [-0.3, -0.25) is 0 Å². The first-order valence-electron chi connectivity index (χ1n) is 11.6. The summed E-state index contributed by atoms with van der Waals surface area (Å²) < 4.78 is 0. The summed E-state index contributed by atoms with van der Waals surface area (Å²) in [5.74, 6) is 0.770. The van der Waals surface area contributed by atoms with E-state index in [4.69, 9.17) is 0 Å². The van der Waals surface area contributed by atoms with Gasteiger partial charge in [-0.2, -0.15) is 0 Å². The summed E-state index contributed by atoms with van der Waals surface area (Å²) in [5, 5.41) is 32.5. The topological polar surface area (TPSA) is 60.7 Å². The molecule has 3 aromatic carbocycles. The Kier molecular flexibility index (Phi) is 6.57. The number of benzene rings is 3. The van der Waals surface area contributed by atoms with Gasteiger partial charge in [0.05, 0.1) is 0 Å². The zero-order valence-corrected chi connectivity index (χ0v) is 21.3. The number of aryl methyl sites for hydroxylation is 2. The highest BCUT2D eigenvalue weighted by Crippen LogP contribution is 2.36. The van der Waals surface area contributed by atoms with E-state index in [0.717, 1.165) is 44.5 Å². The molecule has 3 nitrogen and oxygen atoms in total. The first-order valence-corrected chi connectivity index (χ1v) is 11.6. The van der Waals surface area contributed by atoms with Crippen LogP contribution < -0.4 is 0 Å². The Hall–Kier alpha value is -2.94. The van der Waals surface area contributed by atoms with Gasteiger partial charge in [0.15, 0.2) is 0 Å². The fourth-order valence-electron chi connectivity index (χ4n) is 4.18. The van der Waals surface area contributed by atoms with E-state index < -0.39 is 0 Å². The summed E-state index contributed by atoms with van der Waals surface area (Å²) in [6, 6.07) is 13.9. The Balaban J connectivity index is 2.00. The van der Waals surface area contributed by atoms with Crippen molar-refractivity contribution in [3.63, 3.8) is 0 Å². The summed E-state index contributed by atoms with van der Waals surface area (Å²) in [5.41, 5.74) is 7.05. The number of hydrogen-bond donors (Lipinski definition) is 3. The summed E-state index contributed by atoms with van der Waals surface area (Å²) in [6.07, 6.45) is 0.868. The normalized spacial score (nSPS) is 12.2. The molecule has 0 heterocycles. The lowest BCUT2D eigenvalue weighted by Crippen LogP contribution is -2.12. The SMILES string of the molecule is Cc1cc(C(C)(C)C)cc(Cc2cccc(Cc3cc(C(C)(C)C)cc(C)c3O)c2O)c1O. The van der Waals surface area contributed by atoms with Crippen LogP contribution in [0.25, 0.3) is 0 Å². The summed E-state index contributed by atoms with van der Waals surface area (Å²) >= 11 is 0. The van der Waals surface area contributed by atoms with Crippen molar-refractivity contribution < 1.29 is 15.3 Å². The summed E-state index contributed by atoms with van der Waals surface area (Å²) in [7, 11) is 0. The molecule has 0 aromatic heterocycles. The molecule has 176 valence electrons. The van der Waals surface area contributed by atoms with Gasteiger partial charge >= 0.3 is 0 Å². The van der Waals surface area contributed by atoms with Gasteiger partial charge in [0.25, 0.3) is 0 Å². The van der Waals surface area contributed by atoms with Crippen molar-refractivity contribution in [3.05, 3.63) is 87.0 Å². The van der Waals surface area contributed by atoms with Gasteiger partial charge in [0.2, 0.25) is 0 Å². The molecule has 0 radical (unpaired) electrons. The van der Waals surface area contributed by atoms with Crippen LogP contribution in [0.15, 0.2) is 42.5 Å². The quantitative estimate of drug-likeness (QED) is 0.397. The fourth-order valence-corrected chi connectivity index (χ4v) is 4.18. The molecule has 33 heavy (non-hydrogen) atoms. The number of aromatic hydroxyl groups is 3. The Labute approximate surface area is 198 Å². The second-order valence-electron chi connectivity index (χ2n) is 11.4. The minimum Gasteiger partial charge on any atom is -0.507 e. The maximum absolute atomic E-state index is 11.1. The molecule has 3 heteroatoms. The highest BCUT2D eigenvalue weighted by Gasteiger charge is 2.20. The first kappa shape index (κ1) is 24.7. The lowest BCUT2D eigenvalue weighted by molar-refractivity contribution is 0.454. The van der Waals surface area contributed by atoms with Crippen molar-refractivity contribution in [1.29, 1.82) is 0 Å². The lowest BCUT2D eigenvalue weighted by Gasteiger charge is -2.22. The van der Waals surface area contributed by atoms with Gasteiger partial charge < -0.3 is 15.3 Å². The molecular formula is C30H38O3. The molecule has 0 aliphatic rings. The molecule has 3 aromatic rings. The molecule has 0 bridgehead atoms. The van der Waals surface area contributed by atoms with Crippen LogP contribution in [0.2, 0.25) is 0 Å². The van der Waals surface area contributed by atoms with E-state index in [0.29, 0.717) is 12.8 Å². The molecule has 0 fully saturated rings. The maximum atomic E-state index is 11.1. The third-order valence-electron chi connectivity index (χ3n) is 6.46. The van der Waals surface area contributed by atoms with Gasteiger partial charge in [-0.1, -0.05) is 84.0 Å². The smallest absolute Gasteiger partial charge is 0.122 e. The van der Waals surface area contributed by atoms with E-state index in [1.165, 1.54) is 0 Å². The number of phenolic OH excluding ortho intramolecular Hbond substituents is 3. The number of phenols is 3. The van der Waals surface area contributed by atoms with E-state index in [2.05, 4.69) is 41.5 Å². The standard InChI is InChI=1S/C30H38O3/c1-18-12-24(29(3,4)5)16-22(26(18)31)14-20-10-9-11-21(28(20)33)15-23-17-25(30(6,7)8)13-19(2)27(23)32/h9-13,16-17,31-33H,14-15H2,1-8H3. The Morgan fingerprint density at radius 2 is 0.909 bits per heavy atom. The molecule has 0 aliphatic heterocycles. The van der Waals surface area contributed by atoms with Gasteiger partial charge in [-0.25, -0.2) is 0 Å². The van der Waals surface area contributed by atoms with Crippen LogP contribution in [0.5, 0.6) is 17.2 Å². The van der Waals surface area contributed by atoms with Gasteiger partial charge in [0.1, 0.15) is 17.2 Å². The predicted molar refractivity (Wildman–Crippen MR) is 137 cm³/mol. The summed E-state index contributed by atoms with van der Waals surface area (Å²) in [6.45, 7) is 16.8. The Morgan fingerprint density at radius 3 is 1.24 bits per heavy atom. The minimum absolute atomic E-state index is 0.0371. The van der Waals surface area contributed by atoms with Crippen LogP contribution in [0.1, 0.15) is 86.1 Å². The van der Waals surface area contributed by atoms with Crippen LogP contribution in [0, 0.1) is 13.8 Å². The highest BCUT2D eigenvalue weighted by molar-refractivity contribution is 5.53. The van der Waals surface area contributed by atoms with Crippen LogP contribution in [0.4, 0.5) is 0 Å². The number of hydrogen-bond acceptors (Lipinski definition) is 3. The third kappa shape index (κ3) is 5.35. The molecule has 3 N–H and O–H groups in total. The second-order valence-corrected chi connectivity index (χ2v) is 11.4. The van der Waals surface area contributed by atoms with E-state index in [1.54, 1.807) is 0 Å². The van der Waals surface area contributed by atoms with Crippen molar-refractivity contribution in [3.8, 4) is 17.2 Å². The zero-order valence-electron chi connectivity index (χ0n) is 21.3. The second kappa shape index (κ2) is 8.78. The zero-order chi connectivity index (χ0) is 24.7.